The van der Waals surface area contributed by atoms with Gasteiger partial charge in [-0.15, -0.1) is 11.6 Å². The molecule has 0 fully saturated rings. The van der Waals surface area contributed by atoms with Crippen LogP contribution in [0.4, 0.5) is 0 Å². The van der Waals surface area contributed by atoms with E-state index in [1.165, 1.54) is 11.1 Å². The van der Waals surface area contributed by atoms with Crippen LogP contribution < -0.4 is 5.32 Å². The quantitative estimate of drug-likeness (QED) is 0.804. The Kier molecular flexibility index (Phi) is 4.81. The Bertz CT molecular complexity index is 376. The molecule has 1 amide bonds. The van der Waals surface area contributed by atoms with Gasteiger partial charge in [0.2, 0.25) is 5.91 Å². The molecule has 0 spiro atoms. The predicted octanol–water partition coefficient (Wildman–Crippen LogP) is 3.11. The van der Waals surface area contributed by atoms with Crippen molar-refractivity contribution >= 4 is 17.5 Å². The zero-order valence-corrected chi connectivity index (χ0v) is 10.8. The Hall–Kier alpha value is -1.02. The summed E-state index contributed by atoms with van der Waals surface area (Å²) in [7, 11) is 0. The molecular formula is C13H18ClNO. The number of carbonyl (C=O) groups is 1. The molecule has 0 bridgehead atoms. The molecule has 2 nitrogen and oxygen atoms in total. The van der Waals surface area contributed by atoms with Crippen LogP contribution in [0.1, 0.15) is 36.1 Å². The first kappa shape index (κ1) is 13.0. The number of hydrogen-bond acceptors (Lipinski definition) is 1. The number of carbonyl (C=O) groups excluding carboxylic acids is 1. The minimum Gasteiger partial charge on any atom is -0.350 e. The highest BCUT2D eigenvalue weighted by molar-refractivity contribution is 6.18. The van der Waals surface area contributed by atoms with Crippen LogP contribution in [0, 0.1) is 13.8 Å². The van der Waals surface area contributed by atoms with E-state index in [0.717, 1.165) is 5.56 Å². The highest BCUT2D eigenvalue weighted by atomic mass is 35.5. The second-order valence-corrected chi connectivity index (χ2v) is 4.45. The summed E-state index contributed by atoms with van der Waals surface area (Å²) in [6.07, 6.45) is 0.372. The standard InChI is InChI=1S/C13H18ClNO/c1-9-4-5-12(8-10(9)2)11(3)15-13(16)6-7-14/h4-5,8,11H,6-7H2,1-3H3,(H,15,16). The van der Waals surface area contributed by atoms with Gasteiger partial charge in [-0.05, 0) is 37.5 Å². The van der Waals surface area contributed by atoms with E-state index < -0.39 is 0 Å². The van der Waals surface area contributed by atoms with Gasteiger partial charge in [0, 0.05) is 12.3 Å². The lowest BCUT2D eigenvalue weighted by Gasteiger charge is -2.15. The minimum absolute atomic E-state index is 0.000674. The lowest BCUT2D eigenvalue weighted by atomic mass is 10.0. The number of amides is 1. The molecule has 1 atom stereocenters. The molecule has 88 valence electrons. The number of nitrogens with one attached hydrogen (secondary N) is 1. The van der Waals surface area contributed by atoms with Crippen LogP contribution in [0.3, 0.4) is 0 Å². The third-order valence-corrected chi connectivity index (χ3v) is 2.92. The van der Waals surface area contributed by atoms with Crippen LogP contribution in [0.5, 0.6) is 0 Å². The highest BCUT2D eigenvalue weighted by Gasteiger charge is 2.09. The zero-order valence-electron chi connectivity index (χ0n) is 10.0. The zero-order chi connectivity index (χ0) is 12.1. The maximum Gasteiger partial charge on any atom is 0.221 e. The van der Waals surface area contributed by atoms with E-state index in [1.54, 1.807) is 0 Å². The molecule has 0 radical (unpaired) electrons. The maximum atomic E-state index is 11.4. The normalized spacial score (nSPS) is 12.2. The molecule has 1 aromatic carbocycles. The fourth-order valence-corrected chi connectivity index (χ4v) is 1.69. The predicted molar refractivity (Wildman–Crippen MR) is 67.8 cm³/mol. The summed E-state index contributed by atoms with van der Waals surface area (Å²) >= 11 is 5.51. The van der Waals surface area contributed by atoms with Gasteiger partial charge >= 0.3 is 0 Å². The van der Waals surface area contributed by atoms with Gasteiger partial charge in [0.15, 0.2) is 0 Å². The van der Waals surface area contributed by atoms with Crippen molar-refractivity contribution in [2.45, 2.75) is 33.2 Å². The van der Waals surface area contributed by atoms with Crippen molar-refractivity contribution in [3.8, 4) is 0 Å². The summed E-state index contributed by atoms with van der Waals surface area (Å²) in [5, 5.41) is 2.92. The topological polar surface area (TPSA) is 29.1 Å². The minimum atomic E-state index is 0.000674. The third-order valence-electron chi connectivity index (χ3n) is 2.73. The Morgan fingerprint density at radius 2 is 2.06 bits per heavy atom. The molecule has 0 saturated heterocycles. The second kappa shape index (κ2) is 5.90. The average Bonchev–Trinajstić information content (AvgIpc) is 2.22. The van der Waals surface area contributed by atoms with Crippen molar-refractivity contribution in [3.05, 3.63) is 34.9 Å². The molecule has 0 aliphatic heterocycles. The molecule has 1 aromatic rings. The van der Waals surface area contributed by atoms with Crippen molar-refractivity contribution < 1.29 is 4.79 Å². The summed E-state index contributed by atoms with van der Waals surface area (Å²) in [5.74, 6) is 0.367. The molecule has 0 aliphatic carbocycles. The fourth-order valence-electron chi connectivity index (χ4n) is 1.52. The van der Waals surface area contributed by atoms with Crippen molar-refractivity contribution in [3.63, 3.8) is 0 Å². The SMILES string of the molecule is Cc1ccc(C(C)NC(=O)CCCl)cc1C. The summed E-state index contributed by atoms with van der Waals surface area (Å²) < 4.78 is 0. The van der Waals surface area contributed by atoms with Gasteiger partial charge in [-0.2, -0.15) is 0 Å². The van der Waals surface area contributed by atoms with Crippen LogP contribution in [-0.4, -0.2) is 11.8 Å². The lowest BCUT2D eigenvalue weighted by molar-refractivity contribution is -0.121. The molecule has 0 saturated carbocycles. The number of rotatable bonds is 4. The smallest absolute Gasteiger partial charge is 0.221 e. The molecule has 3 heteroatoms. The molecule has 0 aromatic heterocycles. The third kappa shape index (κ3) is 3.53. The first-order valence-corrected chi connectivity index (χ1v) is 6.00. The van der Waals surface area contributed by atoms with Gasteiger partial charge in [0.25, 0.3) is 0 Å². The maximum absolute atomic E-state index is 11.4. The van der Waals surface area contributed by atoms with E-state index in [1.807, 2.05) is 13.0 Å². The van der Waals surface area contributed by atoms with Crippen LogP contribution >= 0.6 is 11.6 Å². The van der Waals surface area contributed by atoms with Gasteiger partial charge < -0.3 is 5.32 Å². The van der Waals surface area contributed by atoms with E-state index >= 15 is 0 Å². The first-order chi connectivity index (χ1) is 7.54. The van der Waals surface area contributed by atoms with Gasteiger partial charge in [0.1, 0.15) is 0 Å². The average molecular weight is 240 g/mol. The van der Waals surface area contributed by atoms with Crippen molar-refractivity contribution in [2.75, 3.05) is 5.88 Å². The van der Waals surface area contributed by atoms with Gasteiger partial charge in [0.05, 0.1) is 6.04 Å². The molecule has 1 unspecified atom stereocenters. The second-order valence-electron chi connectivity index (χ2n) is 4.07. The van der Waals surface area contributed by atoms with E-state index in [0.29, 0.717) is 12.3 Å². The Labute approximate surface area is 102 Å². The van der Waals surface area contributed by atoms with Crippen LogP contribution in [-0.2, 0) is 4.79 Å². The van der Waals surface area contributed by atoms with Gasteiger partial charge in [-0.3, -0.25) is 4.79 Å². The van der Waals surface area contributed by atoms with Gasteiger partial charge in [-0.25, -0.2) is 0 Å². The molecule has 1 rings (SSSR count). The van der Waals surface area contributed by atoms with Gasteiger partial charge in [-0.1, -0.05) is 18.2 Å². The summed E-state index contributed by atoms with van der Waals surface area (Å²) in [5.41, 5.74) is 3.64. The largest absolute Gasteiger partial charge is 0.350 e. The highest BCUT2D eigenvalue weighted by Crippen LogP contribution is 2.16. The number of hydrogen-bond donors (Lipinski definition) is 1. The van der Waals surface area contributed by atoms with Crippen LogP contribution in [0.25, 0.3) is 0 Å². The summed E-state index contributed by atoms with van der Waals surface area (Å²) in [6.45, 7) is 6.14. The van der Waals surface area contributed by atoms with Crippen LogP contribution in [0.15, 0.2) is 18.2 Å². The molecule has 16 heavy (non-hydrogen) atoms. The number of alkyl halides is 1. The van der Waals surface area contributed by atoms with Crippen molar-refractivity contribution in [1.29, 1.82) is 0 Å². The van der Waals surface area contributed by atoms with E-state index in [2.05, 4.69) is 31.3 Å². The van der Waals surface area contributed by atoms with Crippen LogP contribution in [0.2, 0.25) is 0 Å². The van der Waals surface area contributed by atoms with E-state index in [4.69, 9.17) is 11.6 Å². The Balaban J connectivity index is 2.69. The number of halogens is 1. The Morgan fingerprint density at radius 1 is 1.38 bits per heavy atom. The lowest BCUT2D eigenvalue weighted by Crippen LogP contribution is -2.26. The fraction of sp³-hybridized carbons (Fsp3) is 0.462. The van der Waals surface area contributed by atoms with E-state index in [9.17, 15) is 4.79 Å². The first-order valence-electron chi connectivity index (χ1n) is 5.47. The summed E-state index contributed by atoms with van der Waals surface area (Å²) in [4.78, 5) is 11.4. The molecule has 0 aliphatic rings. The molecule has 0 heterocycles. The number of aryl methyl sites for hydroxylation is 2. The molecular weight excluding hydrogens is 222 g/mol. The van der Waals surface area contributed by atoms with Crippen molar-refractivity contribution in [2.24, 2.45) is 0 Å². The Morgan fingerprint density at radius 3 is 2.62 bits per heavy atom. The number of benzene rings is 1. The summed E-state index contributed by atoms with van der Waals surface area (Å²) in [6, 6.07) is 6.28. The molecule has 1 N–H and O–H groups in total. The van der Waals surface area contributed by atoms with Crippen molar-refractivity contribution in [1.82, 2.24) is 5.32 Å². The van der Waals surface area contributed by atoms with E-state index in [-0.39, 0.29) is 11.9 Å². The monoisotopic (exact) mass is 239 g/mol.